The second-order valence-electron chi connectivity index (χ2n) is 7.59. The number of nitrogens with zero attached hydrogens (tertiary/aromatic N) is 1. The molecular formula is C20H28FN3O. The Morgan fingerprint density at radius 1 is 1.32 bits per heavy atom. The first-order valence-corrected chi connectivity index (χ1v) is 9.64. The molecule has 3 fully saturated rings. The third-order valence-corrected chi connectivity index (χ3v) is 6.26. The Morgan fingerprint density at radius 2 is 2.12 bits per heavy atom. The molecule has 3 aliphatic rings. The van der Waals surface area contributed by atoms with Gasteiger partial charge in [0, 0.05) is 37.1 Å². The van der Waals surface area contributed by atoms with Crippen LogP contribution in [0.15, 0.2) is 29.3 Å². The van der Waals surface area contributed by atoms with Crippen molar-refractivity contribution in [2.24, 2.45) is 16.3 Å². The molecular weight excluding hydrogens is 317 g/mol. The van der Waals surface area contributed by atoms with Crippen LogP contribution < -0.4 is 10.6 Å². The summed E-state index contributed by atoms with van der Waals surface area (Å²) in [7, 11) is 0. The van der Waals surface area contributed by atoms with Gasteiger partial charge in [-0.2, -0.15) is 0 Å². The van der Waals surface area contributed by atoms with Crippen molar-refractivity contribution in [2.45, 2.75) is 51.2 Å². The van der Waals surface area contributed by atoms with Gasteiger partial charge in [0.05, 0.1) is 6.10 Å². The number of halogens is 1. The van der Waals surface area contributed by atoms with Crippen molar-refractivity contribution in [3.8, 4) is 0 Å². The van der Waals surface area contributed by atoms with Gasteiger partial charge >= 0.3 is 0 Å². The third kappa shape index (κ3) is 3.03. The molecule has 2 saturated carbocycles. The molecule has 0 aromatic heterocycles. The minimum absolute atomic E-state index is 0.189. The molecule has 25 heavy (non-hydrogen) atoms. The van der Waals surface area contributed by atoms with E-state index in [1.54, 1.807) is 0 Å². The first-order chi connectivity index (χ1) is 12.2. The lowest BCUT2D eigenvalue weighted by molar-refractivity contribution is -0.171. The zero-order valence-corrected chi connectivity index (χ0v) is 14.9. The van der Waals surface area contributed by atoms with E-state index in [1.165, 1.54) is 37.8 Å². The summed E-state index contributed by atoms with van der Waals surface area (Å²) in [4.78, 5) is 4.75. The van der Waals surface area contributed by atoms with Crippen molar-refractivity contribution < 1.29 is 9.13 Å². The summed E-state index contributed by atoms with van der Waals surface area (Å²) in [5, 5.41) is 7.09. The van der Waals surface area contributed by atoms with Gasteiger partial charge in [-0.05, 0) is 50.3 Å². The zero-order valence-electron chi connectivity index (χ0n) is 14.9. The Balaban J connectivity index is 1.38. The summed E-state index contributed by atoms with van der Waals surface area (Å²) < 4.78 is 19.0. The average Bonchev–Trinajstić information content (AvgIpc) is 2.98. The van der Waals surface area contributed by atoms with E-state index in [0.29, 0.717) is 30.0 Å². The Hall–Kier alpha value is -1.62. The lowest BCUT2D eigenvalue weighted by Crippen LogP contribution is -2.72. The van der Waals surface area contributed by atoms with Crippen LogP contribution in [0.25, 0.3) is 0 Å². The average molecular weight is 345 g/mol. The number of hydrogen-bond donors (Lipinski definition) is 2. The zero-order chi connectivity index (χ0) is 17.3. The maximum absolute atomic E-state index is 13.0. The van der Waals surface area contributed by atoms with Gasteiger partial charge in [0.1, 0.15) is 5.82 Å². The van der Waals surface area contributed by atoms with Crippen molar-refractivity contribution in [1.82, 2.24) is 10.6 Å². The fourth-order valence-electron chi connectivity index (χ4n) is 4.87. The molecule has 1 aliphatic heterocycles. The van der Waals surface area contributed by atoms with Crippen LogP contribution in [0.3, 0.4) is 0 Å². The highest BCUT2D eigenvalue weighted by Gasteiger charge is 2.66. The number of nitrogens with one attached hydrogen (secondary N) is 2. The minimum atomic E-state index is -0.189. The molecule has 2 N–H and O–H groups in total. The monoisotopic (exact) mass is 345 g/mol. The predicted molar refractivity (Wildman–Crippen MR) is 97.1 cm³/mol. The van der Waals surface area contributed by atoms with Crippen LogP contribution in [-0.2, 0) is 11.2 Å². The molecule has 0 radical (unpaired) electrons. The molecule has 1 spiro atoms. The van der Waals surface area contributed by atoms with Gasteiger partial charge in [-0.25, -0.2) is 4.39 Å². The molecule has 1 aromatic rings. The van der Waals surface area contributed by atoms with Crippen LogP contribution in [0.5, 0.6) is 0 Å². The standard InChI is InChI=1S/C20H28FN3O/c1-2-22-19(23-12-8-14-4-6-15(21)7-5-14)24-17-16-9-13-25-18(16)20(17)10-3-11-20/h4-7,16-18H,2-3,8-13H2,1H3,(H2,22,23,24). The Labute approximate surface area is 149 Å². The Morgan fingerprint density at radius 3 is 2.80 bits per heavy atom. The van der Waals surface area contributed by atoms with Gasteiger partial charge in [0.25, 0.3) is 0 Å². The van der Waals surface area contributed by atoms with Crippen molar-refractivity contribution in [3.05, 3.63) is 35.6 Å². The van der Waals surface area contributed by atoms with E-state index in [2.05, 4.69) is 17.6 Å². The summed E-state index contributed by atoms with van der Waals surface area (Å²) in [6, 6.07) is 7.19. The largest absolute Gasteiger partial charge is 0.377 e. The van der Waals surface area contributed by atoms with Crippen molar-refractivity contribution in [1.29, 1.82) is 0 Å². The van der Waals surface area contributed by atoms with Crippen molar-refractivity contribution in [2.75, 3.05) is 19.7 Å². The van der Waals surface area contributed by atoms with E-state index >= 15 is 0 Å². The molecule has 3 unspecified atom stereocenters. The Bertz CT molecular complexity index is 626. The summed E-state index contributed by atoms with van der Waals surface area (Å²) in [6.07, 6.45) is 6.34. The predicted octanol–water partition coefficient (Wildman–Crippen LogP) is 2.88. The maximum Gasteiger partial charge on any atom is 0.191 e. The lowest BCUT2D eigenvalue weighted by Gasteiger charge is -2.63. The van der Waals surface area contributed by atoms with E-state index < -0.39 is 0 Å². The molecule has 4 rings (SSSR count). The van der Waals surface area contributed by atoms with E-state index in [4.69, 9.17) is 9.73 Å². The first kappa shape index (κ1) is 16.8. The van der Waals surface area contributed by atoms with Gasteiger partial charge in [-0.3, -0.25) is 4.99 Å². The van der Waals surface area contributed by atoms with E-state index in [9.17, 15) is 4.39 Å². The smallest absolute Gasteiger partial charge is 0.191 e. The molecule has 3 atom stereocenters. The van der Waals surface area contributed by atoms with Gasteiger partial charge in [0.2, 0.25) is 0 Å². The highest BCUT2D eigenvalue weighted by atomic mass is 19.1. The molecule has 0 bridgehead atoms. The fraction of sp³-hybridized carbons (Fsp3) is 0.650. The second-order valence-corrected chi connectivity index (χ2v) is 7.59. The molecule has 5 heteroatoms. The van der Waals surface area contributed by atoms with Crippen LogP contribution in [0, 0.1) is 17.2 Å². The van der Waals surface area contributed by atoms with Crippen LogP contribution in [-0.4, -0.2) is 37.8 Å². The minimum Gasteiger partial charge on any atom is -0.377 e. The van der Waals surface area contributed by atoms with E-state index in [-0.39, 0.29) is 5.82 Å². The summed E-state index contributed by atoms with van der Waals surface area (Å²) in [5.74, 6) is 1.36. The molecule has 1 saturated heterocycles. The highest BCUT2D eigenvalue weighted by Crippen LogP contribution is 2.62. The molecule has 1 aromatic carbocycles. The SMILES string of the molecule is CCNC(=NCCc1ccc(F)cc1)NC1C2CCOC2C12CCC2. The maximum atomic E-state index is 13.0. The Kier molecular flexibility index (Phi) is 4.67. The number of benzene rings is 1. The van der Waals surface area contributed by atoms with Gasteiger partial charge in [-0.1, -0.05) is 18.6 Å². The lowest BCUT2D eigenvalue weighted by atomic mass is 9.46. The topological polar surface area (TPSA) is 45.7 Å². The van der Waals surface area contributed by atoms with Crippen LogP contribution in [0.2, 0.25) is 0 Å². The second kappa shape index (κ2) is 6.94. The number of hydrogen-bond acceptors (Lipinski definition) is 2. The van der Waals surface area contributed by atoms with Crippen LogP contribution in [0.4, 0.5) is 4.39 Å². The molecule has 0 amide bonds. The van der Waals surface area contributed by atoms with E-state index in [0.717, 1.165) is 31.1 Å². The number of guanidine groups is 1. The van der Waals surface area contributed by atoms with Crippen LogP contribution in [0.1, 0.15) is 38.2 Å². The van der Waals surface area contributed by atoms with Gasteiger partial charge in [-0.15, -0.1) is 0 Å². The molecule has 136 valence electrons. The third-order valence-electron chi connectivity index (χ3n) is 6.26. The van der Waals surface area contributed by atoms with Crippen LogP contribution >= 0.6 is 0 Å². The molecule has 4 nitrogen and oxygen atoms in total. The summed E-state index contributed by atoms with van der Waals surface area (Å²) in [5.41, 5.74) is 1.47. The van der Waals surface area contributed by atoms with Crippen molar-refractivity contribution in [3.63, 3.8) is 0 Å². The summed E-state index contributed by atoms with van der Waals surface area (Å²) >= 11 is 0. The fourth-order valence-corrected chi connectivity index (χ4v) is 4.87. The van der Waals surface area contributed by atoms with Gasteiger partial charge < -0.3 is 15.4 Å². The quantitative estimate of drug-likeness (QED) is 0.637. The van der Waals surface area contributed by atoms with Gasteiger partial charge in [0.15, 0.2) is 5.96 Å². The number of rotatable bonds is 5. The highest BCUT2D eigenvalue weighted by molar-refractivity contribution is 5.80. The molecule has 2 aliphatic carbocycles. The summed E-state index contributed by atoms with van der Waals surface area (Å²) in [6.45, 7) is 4.56. The van der Waals surface area contributed by atoms with E-state index in [1.807, 2.05) is 12.1 Å². The normalized spacial score (nSPS) is 29.7. The molecule has 1 heterocycles. The van der Waals surface area contributed by atoms with Crippen molar-refractivity contribution >= 4 is 5.96 Å². The number of ether oxygens (including phenoxy) is 1. The number of aliphatic imine (C=N–C) groups is 1. The first-order valence-electron chi connectivity index (χ1n) is 9.64. The number of fused-ring (bicyclic) bond motifs is 2.